The Bertz CT molecular complexity index is 317. The van der Waals surface area contributed by atoms with Crippen molar-refractivity contribution < 1.29 is 5.11 Å². The lowest BCUT2D eigenvalue weighted by molar-refractivity contribution is 0.00276. The van der Waals surface area contributed by atoms with Crippen molar-refractivity contribution in [2.75, 3.05) is 25.4 Å². The van der Waals surface area contributed by atoms with Crippen molar-refractivity contribution >= 4 is 5.82 Å². The van der Waals surface area contributed by atoms with E-state index in [0.717, 1.165) is 31.9 Å². The molecule has 1 saturated heterocycles. The second-order valence-corrected chi connectivity index (χ2v) is 3.82. The number of nitrogens with two attached hydrogens (primary N) is 1. The Kier molecular flexibility index (Phi) is 2.43. The summed E-state index contributed by atoms with van der Waals surface area (Å²) >= 11 is 0. The number of rotatable bonds is 3. The van der Waals surface area contributed by atoms with Crippen LogP contribution in [0.2, 0.25) is 0 Å². The standard InChI is InChI=1S/C9H16N4O/c1-12-8(10)4-11-9(12)2-3-13-5-7(14)6-13/h4,7,14H,2-3,5-6,10H2,1H3. The fourth-order valence-electron chi connectivity index (χ4n) is 1.68. The first-order chi connectivity index (χ1) is 6.66. The fourth-order valence-corrected chi connectivity index (χ4v) is 1.68. The lowest BCUT2D eigenvalue weighted by Gasteiger charge is -2.35. The number of aromatic nitrogens is 2. The predicted molar refractivity (Wildman–Crippen MR) is 53.8 cm³/mol. The summed E-state index contributed by atoms with van der Waals surface area (Å²) < 4.78 is 1.90. The van der Waals surface area contributed by atoms with Gasteiger partial charge in [0.15, 0.2) is 0 Å². The van der Waals surface area contributed by atoms with E-state index in [1.807, 2.05) is 11.6 Å². The molecule has 1 fully saturated rings. The van der Waals surface area contributed by atoms with Crippen LogP contribution in [0.5, 0.6) is 0 Å². The van der Waals surface area contributed by atoms with Crippen molar-refractivity contribution in [1.82, 2.24) is 14.5 Å². The third-order valence-corrected chi connectivity index (χ3v) is 2.71. The van der Waals surface area contributed by atoms with Gasteiger partial charge in [-0.3, -0.25) is 4.90 Å². The molecule has 0 bridgehead atoms. The highest BCUT2D eigenvalue weighted by molar-refractivity contribution is 5.27. The van der Waals surface area contributed by atoms with Gasteiger partial charge in [-0.1, -0.05) is 0 Å². The Morgan fingerprint density at radius 3 is 2.86 bits per heavy atom. The number of hydrogen-bond acceptors (Lipinski definition) is 4. The lowest BCUT2D eigenvalue weighted by atomic mass is 10.1. The van der Waals surface area contributed by atoms with Crippen LogP contribution in [0.1, 0.15) is 5.82 Å². The van der Waals surface area contributed by atoms with E-state index in [9.17, 15) is 0 Å². The van der Waals surface area contributed by atoms with E-state index in [4.69, 9.17) is 10.8 Å². The molecular weight excluding hydrogens is 180 g/mol. The summed E-state index contributed by atoms with van der Waals surface area (Å²) in [6, 6.07) is 0. The van der Waals surface area contributed by atoms with Crippen LogP contribution in [0, 0.1) is 0 Å². The fraction of sp³-hybridized carbons (Fsp3) is 0.667. The highest BCUT2D eigenvalue weighted by Crippen LogP contribution is 2.10. The molecule has 78 valence electrons. The molecule has 0 unspecified atom stereocenters. The average molecular weight is 196 g/mol. The molecule has 2 rings (SSSR count). The number of anilines is 1. The van der Waals surface area contributed by atoms with Gasteiger partial charge in [0.2, 0.25) is 0 Å². The second-order valence-electron chi connectivity index (χ2n) is 3.82. The largest absolute Gasteiger partial charge is 0.390 e. The number of β-amino-alcohol motifs (C(OH)–C–C–N with tert-alkyl or cyclic N) is 1. The molecule has 2 heterocycles. The van der Waals surface area contributed by atoms with Crippen molar-refractivity contribution in [3.63, 3.8) is 0 Å². The Morgan fingerprint density at radius 2 is 2.36 bits per heavy atom. The molecule has 0 saturated carbocycles. The van der Waals surface area contributed by atoms with Gasteiger partial charge in [0.05, 0.1) is 12.3 Å². The van der Waals surface area contributed by atoms with Gasteiger partial charge < -0.3 is 15.4 Å². The molecule has 1 aliphatic rings. The molecule has 0 atom stereocenters. The van der Waals surface area contributed by atoms with Crippen molar-refractivity contribution in [2.45, 2.75) is 12.5 Å². The van der Waals surface area contributed by atoms with E-state index < -0.39 is 0 Å². The quantitative estimate of drug-likeness (QED) is 0.665. The minimum absolute atomic E-state index is 0.124. The van der Waals surface area contributed by atoms with Gasteiger partial charge in [0.25, 0.3) is 0 Å². The Morgan fingerprint density at radius 1 is 1.64 bits per heavy atom. The highest BCUT2D eigenvalue weighted by atomic mass is 16.3. The minimum atomic E-state index is -0.124. The number of nitrogens with zero attached hydrogens (tertiary/aromatic N) is 3. The van der Waals surface area contributed by atoms with Gasteiger partial charge in [-0.15, -0.1) is 0 Å². The summed E-state index contributed by atoms with van der Waals surface area (Å²) in [6.45, 7) is 2.53. The smallest absolute Gasteiger partial charge is 0.123 e. The van der Waals surface area contributed by atoms with E-state index in [1.165, 1.54) is 0 Å². The molecule has 0 radical (unpaired) electrons. The van der Waals surface area contributed by atoms with Crippen molar-refractivity contribution in [3.05, 3.63) is 12.0 Å². The number of aliphatic hydroxyl groups excluding tert-OH is 1. The maximum Gasteiger partial charge on any atom is 0.123 e. The normalized spacial score (nSPS) is 18.4. The van der Waals surface area contributed by atoms with Gasteiger partial charge in [-0.25, -0.2) is 4.98 Å². The third kappa shape index (κ3) is 1.73. The molecule has 14 heavy (non-hydrogen) atoms. The second kappa shape index (κ2) is 3.59. The zero-order valence-electron chi connectivity index (χ0n) is 8.35. The third-order valence-electron chi connectivity index (χ3n) is 2.71. The Labute approximate surface area is 83.1 Å². The number of imidazole rings is 1. The van der Waals surface area contributed by atoms with Crippen LogP contribution in [0.15, 0.2) is 6.20 Å². The van der Waals surface area contributed by atoms with Crippen LogP contribution in [-0.2, 0) is 13.5 Å². The summed E-state index contributed by atoms with van der Waals surface area (Å²) in [7, 11) is 1.92. The van der Waals surface area contributed by atoms with E-state index in [2.05, 4.69) is 9.88 Å². The van der Waals surface area contributed by atoms with Gasteiger partial charge >= 0.3 is 0 Å². The number of aliphatic hydroxyl groups is 1. The molecule has 1 aromatic rings. The zero-order chi connectivity index (χ0) is 10.1. The van der Waals surface area contributed by atoms with E-state index in [-0.39, 0.29) is 6.10 Å². The highest BCUT2D eigenvalue weighted by Gasteiger charge is 2.23. The molecule has 3 N–H and O–H groups in total. The zero-order valence-corrected chi connectivity index (χ0v) is 8.35. The topological polar surface area (TPSA) is 67.3 Å². The summed E-state index contributed by atoms with van der Waals surface area (Å²) in [6.07, 6.45) is 2.45. The molecule has 1 aliphatic heterocycles. The Balaban J connectivity index is 1.83. The monoisotopic (exact) mass is 196 g/mol. The molecule has 0 amide bonds. The van der Waals surface area contributed by atoms with E-state index in [1.54, 1.807) is 6.20 Å². The van der Waals surface area contributed by atoms with E-state index in [0.29, 0.717) is 5.82 Å². The molecule has 5 heteroatoms. The maximum absolute atomic E-state index is 9.09. The number of likely N-dealkylation sites (tertiary alicyclic amines) is 1. The predicted octanol–water partition coefficient (Wildman–Crippen LogP) is -0.779. The first-order valence-electron chi connectivity index (χ1n) is 4.83. The van der Waals surface area contributed by atoms with Crippen LogP contribution in [0.4, 0.5) is 5.82 Å². The van der Waals surface area contributed by atoms with Gasteiger partial charge in [-0.05, 0) is 0 Å². The number of hydrogen-bond donors (Lipinski definition) is 2. The summed E-state index contributed by atoms with van der Waals surface area (Å²) in [5.74, 6) is 1.70. The minimum Gasteiger partial charge on any atom is -0.390 e. The summed E-state index contributed by atoms with van der Waals surface area (Å²) in [5.41, 5.74) is 5.66. The van der Waals surface area contributed by atoms with Crippen LogP contribution >= 0.6 is 0 Å². The number of nitrogen functional groups attached to an aromatic ring is 1. The van der Waals surface area contributed by atoms with Gasteiger partial charge in [-0.2, -0.15) is 0 Å². The average Bonchev–Trinajstić information content (AvgIpc) is 2.41. The van der Waals surface area contributed by atoms with E-state index >= 15 is 0 Å². The summed E-state index contributed by atoms with van der Waals surface area (Å²) in [5, 5.41) is 9.09. The van der Waals surface area contributed by atoms with Crippen LogP contribution < -0.4 is 5.73 Å². The first kappa shape index (κ1) is 9.48. The first-order valence-corrected chi connectivity index (χ1v) is 4.83. The van der Waals surface area contributed by atoms with Crippen LogP contribution in [-0.4, -0.2) is 45.3 Å². The van der Waals surface area contributed by atoms with Crippen molar-refractivity contribution in [2.24, 2.45) is 7.05 Å². The van der Waals surface area contributed by atoms with Gasteiger partial charge in [0, 0.05) is 33.1 Å². The lowest BCUT2D eigenvalue weighted by Crippen LogP contribution is -2.51. The van der Waals surface area contributed by atoms with Gasteiger partial charge in [0.1, 0.15) is 11.6 Å². The molecule has 0 aliphatic carbocycles. The van der Waals surface area contributed by atoms with Crippen LogP contribution in [0.3, 0.4) is 0 Å². The Hall–Kier alpha value is -1.07. The maximum atomic E-state index is 9.09. The molecular formula is C9H16N4O. The molecule has 1 aromatic heterocycles. The van der Waals surface area contributed by atoms with Crippen molar-refractivity contribution in [3.8, 4) is 0 Å². The van der Waals surface area contributed by atoms with Crippen LogP contribution in [0.25, 0.3) is 0 Å². The SMILES string of the molecule is Cn1c(N)cnc1CCN1CC(O)C1. The molecule has 0 aromatic carbocycles. The molecule has 5 nitrogen and oxygen atoms in total. The van der Waals surface area contributed by atoms with Crippen molar-refractivity contribution in [1.29, 1.82) is 0 Å². The summed E-state index contributed by atoms with van der Waals surface area (Å²) in [4.78, 5) is 6.42. The molecule has 0 spiro atoms.